The van der Waals surface area contributed by atoms with Gasteiger partial charge in [-0.3, -0.25) is 0 Å². The van der Waals surface area contributed by atoms with Gasteiger partial charge in [0.1, 0.15) is 0 Å². The van der Waals surface area contributed by atoms with Gasteiger partial charge in [0.2, 0.25) is 10.0 Å². The normalized spacial score (nSPS) is 26.4. The highest BCUT2D eigenvalue weighted by Crippen LogP contribution is 2.56. The van der Waals surface area contributed by atoms with Gasteiger partial charge in [-0.05, 0) is 117 Å². The number of sulfonamides is 1. The van der Waals surface area contributed by atoms with Gasteiger partial charge in [-0.25, -0.2) is 13.1 Å². The van der Waals surface area contributed by atoms with Crippen molar-refractivity contribution in [3.8, 4) is 11.5 Å². The van der Waals surface area contributed by atoms with E-state index in [2.05, 4.69) is 15.4 Å². The predicted octanol–water partition coefficient (Wildman–Crippen LogP) is 4.48. The first kappa shape index (κ1) is 25.3. The molecule has 0 atom stereocenters. The van der Waals surface area contributed by atoms with E-state index in [1.807, 2.05) is 18.2 Å². The summed E-state index contributed by atoms with van der Waals surface area (Å²) < 4.78 is 40.2. The van der Waals surface area contributed by atoms with Gasteiger partial charge in [0.25, 0.3) is 0 Å². The Bertz CT molecular complexity index is 1180. The van der Waals surface area contributed by atoms with Crippen molar-refractivity contribution in [1.29, 1.82) is 0 Å². The van der Waals surface area contributed by atoms with E-state index in [4.69, 9.17) is 21.7 Å². The Morgan fingerprint density at radius 3 is 2.14 bits per heavy atom. The summed E-state index contributed by atoms with van der Waals surface area (Å²) in [6.45, 7) is 0.642. The third-order valence-corrected chi connectivity index (χ3v) is 9.80. The Balaban J connectivity index is 1.13. The second-order valence-corrected chi connectivity index (χ2v) is 12.7. The lowest BCUT2D eigenvalue weighted by Gasteiger charge is -2.56. The third kappa shape index (κ3) is 5.48. The molecule has 0 aromatic heterocycles. The molecule has 0 aliphatic heterocycles. The van der Waals surface area contributed by atoms with E-state index in [1.54, 1.807) is 38.5 Å². The summed E-state index contributed by atoms with van der Waals surface area (Å²) in [4.78, 5) is 0.302. The van der Waals surface area contributed by atoms with Crippen LogP contribution in [0.4, 0.5) is 5.69 Å². The van der Waals surface area contributed by atoms with Crippen LogP contribution in [0.5, 0.6) is 11.5 Å². The molecule has 6 rings (SSSR count). The molecule has 194 valence electrons. The molecule has 0 saturated heterocycles. The van der Waals surface area contributed by atoms with E-state index in [-0.39, 0.29) is 5.54 Å². The van der Waals surface area contributed by atoms with E-state index in [9.17, 15) is 8.42 Å². The fourth-order valence-electron chi connectivity index (χ4n) is 6.83. The highest BCUT2D eigenvalue weighted by molar-refractivity contribution is 7.89. The van der Waals surface area contributed by atoms with Crippen molar-refractivity contribution in [2.24, 2.45) is 17.8 Å². The maximum atomic E-state index is 13.2. The van der Waals surface area contributed by atoms with Crippen LogP contribution in [0.25, 0.3) is 0 Å². The summed E-state index contributed by atoms with van der Waals surface area (Å²) in [6, 6.07) is 12.7. The number of anilines is 1. The quantitative estimate of drug-likeness (QED) is 0.413. The number of benzene rings is 2. The van der Waals surface area contributed by atoms with Gasteiger partial charge < -0.3 is 20.1 Å². The minimum Gasteiger partial charge on any atom is -0.493 e. The molecule has 4 aliphatic rings. The van der Waals surface area contributed by atoms with Crippen molar-refractivity contribution < 1.29 is 17.9 Å². The minimum absolute atomic E-state index is 0.246. The lowest BCUT2D eigenvalue weighted by Crippen LogP contribution is -2.59. The van der Waals surface area contributed by atoms with Gasteiger partial charge in [-0.1, -0.05) is 6.07 Å². The van der Waals surface area contributed by atoms with Crippen LogP contribution in [0.3, 0.4) is 0 Å². The molecule has 9 heteroatoms. The number of hydrogen-bond acceptors (Lipinski definition) is 5. The number of nitrogens with one attached hydrogen (secondary N) is 3. The van der Waals surface area contributed by atoms with E-state index < -0.39 is 10.0 Å². The minimum atomic E-state index is -3.57. The fraction of sp³-hybridized carbons (Fsp3) is 0.519. The second kappa shape index (κ2) is 10.2. The summed E-state index contributed by atoms with van der Waals surface area (Å²) >= 11 is 5.42. The standard InChI is InChI=1S/C27H35N3O4S2/c1-33-24-8-3-18(14-25(24)34-2)9-10-28-26(35)29-22-4-6-23(7-5-22)36(31,32)30-27-15-19-11-20(16-27)13-21(12-19)17-27/h3-8,14,19-21,30H,9-13,15-17H2,1-2H3,(H2,28,29,35). The Kier molecular flexibility index (Phi) is 7.16. The molecular weight excluding hydrogens is 494 g/mol. The van der Waals surface area contributed by atoms with Crippen LogP contribution in [0.15, 0.2) is 47.4 Å². The molecule has 0 unspecified atom stereocenters. The van der Waals surface area contributed by atoms with Crippen LogP contribution >= 0.6 is 12.2 Å². The number of methoxy groups -OCH3 is 2. The van der Waals surface area contributed by atoms with Crippen LogP contribution in [0.1, 0.15) is 44.1 Å². The molecule has 4 saturated carbocycles. The van der Waals surface area contributed by atoms with Gasteiger partial charge >= 0.3 is 0 Å². The Hall–Kier alpha value is -2.36. The summed E-state index contributed by atoms with van der Waals surface area (Å²) in [5, 5.41) is 6.81. The van der Waals surface area contributed by atoms with E-state index in [0.29, 0.717) is 45.8 Å². The van der Waals surface area contributed by atoms with Crippen LogP contribution < -0.4 is 24.8 Å². The number of hydrogen-bond donors (Lipinski definition) is 3. The lowest BCUT2D eigenvalue weighted by molar-refractivity contribution is -0.00810. The molecule has 36 heavy (non-hydrogen) atoms. The third-order valence-electron chi connectivity index (χ3n) is 7.96. The average molecular weight is 530 g/mol. The van der Waals surface area contributed by atoms with Crippen LogP contribution in [0, 0.1) is 17.8 Å². The van der Waals surface area contributed by atoms with E-state index >= 15 is 0 Å². The van der Waals surface area contributed by atoms with Gasteiger partial charge in [0.15, 0.2) is 16.6 Å². The topological polar surface area (TPSA) is 88.7 Å². The van der Waals surface area contributed by atoms with Crippen LogP contribution in [0.2, 0.25) is 0 Å². The molecule has 4 fully saturated rings. The van der Waals surface area contributed by atoms with Gasteiger partial charge in [-0.2, -0.15) is 0 Å². The van der Waals surface area contributed by atoms with Crippen molar-refractivity contribution in [3.63, 3.8) is 0 Å². The van der Waals surface area contributed by atoms with Gasteiger partial charge in [0, 0.05) is 17.8 Å². The molecule has 0 amide bonds. The summed E-state index contributed by atoms with van der Waals surface area (Å²) in [7, 11) is -0.334. The molecule has 0 heterocycles. The SMILES string of the molecule is COc1ccc(CCNC(=S)Nc2ccc(S(=O)(=O)NC34CC5CC(CC(C5)C3)C4)cc2)cc1OC. The molecule has 2 aromatic carbocycles. The molecule has 0 spiro atoms. The largest absolute Gasteiger partial charge is 0.493 e. The van der Waals surface area contributed by atoms with E-state index in [0.717, 1.165) is 36.9 Å². The Morgan fingerprint density at radius 2 is 1.56 bits per heavy atom. The van der Waals surface area contributed by atoms with Crippen molar-refractivity contribution in [2.75, 3.05) is 26.1 Å². The Morgan fingerprint density at radius 1 is 0.944 bits per heavy atom. The van der Waals surface area contributed by atoms with E-state index in [1.165, 1.54) is 19.3 Å². The van der Waals surface area contributed by atoms with Gasteiger partial charge in [0.05, 0.1) is 19.1 Å². The van der Waals surface area contributed by atoms with Crippen molar-refractivity contribution in [2.45, 2.75) is 55.4 Å². The molecule has 4 bridgehead atoms. The zero-order valence-corrected chi connectivity index (χ0v) is 22.5. The summed E-state index contributed by atoms with van der Waals surface area (Å²) in [5.41, 5.74) is 1.60. The zero-order chi connectivity index (χ0) is 25.3. The Labute approximate surface area is 219 Å². The molecule has 3 N–H and O–H groups in total. The van der Waals surface area contributed by atoms with Crippen molar-refractivity contribution in [1.82, 2.24) is 10.0 Å². The molecule has 0 radical (unpaired) electrons. The number of rotatable bonds is 9. The predicted molar refractivity (Wildman–Crippen MR) is 145 cm³/mol. The first-order valence-corrected chi connectivity index (χ1v) is 14.6. The van der Waals surface area contributed by atoms with Crippen molar-refractivity contribution >= 4 is 33.0 Å². The monoisotopic (exact) mass is 529 g/mol. The summed E-state index contributed by atoms with van der Waals surface area (Å²) in [6.07, 6.45) is 7.56. The molecule has 2 aromatic rings. The van der Waals surface area contributed by atoms with Crippen LogP contribution in [-0.4, -0.2) is 39.8 Å². The second-order valence-electron chi connectivity index (χ2n) is 10.6. The number of thiocarbonyl (C=S) groups is 1. The van der Waals surface area contributed by atoms with Gasteiger partial charge in [-0.15, -0.1) is 0 Å². The first-order chi connectivity index (χ1) is 17.3. The maximum Gasteiger partial charge on any atom is 0.241 e. The highest BCUT2D eigenvalue weighted by Gasteiger charge is 2.52. The number of ether oxygens (including phenoxy) is 2. The van der Waals surface area contributed by atoms with Crippen molar-refractivity contribution in [3.05, 3.63) is 48.0 Å². The lowest BCUT2D eigenvalue weighted by atomic mass is 9.53. The average Bonchev–Trinajstić information content (AvgIpc) is 2.82. The highest BCUT2D eigenvalue weighted by atomic mass is 32.2. The first-order valence-electron chi connectivity index (χ1n) is 12.7. The van der Waals surface area contributed by atoms with Crippen LogP contribution in [-0.2, 0) is 16.4 Å². The smallest absolute Gasteiger partial charge is 0.241 e. The summed E-state index contributed by atoms with van der Waals surface area (Å²) in [5.74, 6) is 3.45. The molecule has 4 aliphatic carbocycles. The fourth-order valence-corrected chi connectivity index (χ4v) is 8.48. The molecule has 7 nitrogen and oxygen atoms in total. The molecular formula is C27H35N3O4S2. The maximum absolute atomic E-state index is 13.2. The zero-order valence-electron chi connectivity index (χ0n) is 20.9.